The number of aryl methyl sites for hydroxylation is 1. The van der Waals surface area contributed by atoms with Crippen molar-refractivity contribution in [3.05, 3.63) is 40.4 Å². The van der Waals surface area contributed by atoms with Crippen LogP contribution >= 0.6 is 11.6 Å². The molecule has 0 spiro atoms. The molecule has 144 valence electrons. The molecule has 27 heavy (non-hydrogen) atoms. The predicted octanol–water partition coefficient (Wildman–Crippen LogP) is 2.32. The Morgan fingerprint density at radius 1 is 1.07 bits per heavy atom. The number of carbonyl (C=O) groups excluding carboxylic acids is 1. The Kier molecular flexibility index (Phi) is 5.31. The summed E-state index contributed by atoms with van der Waals surface area (Å²) in [6.45, 7) is 4.55. The first kappa shape index (κ1) is 18.3. The minimum atomic E-state index is -0.175. The molecule has 8 heteroatoms. The van der Waals surface area contributed by atoms with Crippen LogP contribution in [0.2, 0.25) is 5.02 Å². The van der Waals surface area contributed by atoms with E-state index in [0.717, 1.165) is 44.2 Å². The fraction of sp³-hybridized carbons (Fsp3) is 0.526. The highest BCUT2D eigenvalue weighted by Gasteiger charge is 2.25. The van der Waals surface area contributed by atoms with Crippen LogP contribution in [0.5, 0.6) is 5.75 Å². The van der Waals surface area contributed by atoms with E-state index in [2.05, 4.69) is 19.7 Å². The Balaban J connectivity index is 1.37. The standard InChI is InChI=1S/C19H24ClN5O2/c20-14-5-6-16(26)15(12-14)19(27)24-10-8-23(9-11-24)13-18-22-21-17-4-2-1-3-7-25(17)18/h5-6,12,26H,1-4,7-11,13H2. The Hall–Kier alpha value is -2.12. The van der Waals surface area contributed by atoms with Gasteiger partial charge in [0.2, 0.25) is 0 Å². The van der Waals surface area contributed by atoms with E-state index < -0.39 is 0 Å². The Morgan fingerprint density at radius 2 is 1.89 bits per heavy atom. The zero-order chi connectivity index (χ0) is 18.8. The summed E-state index contributed by atoms with van der Waals surface area (Å²) in [5.74, 6) is 1.93. The number of phenols is 1. The van der Waals surface area contributed by atoms with Gasteiger partial charge in [-0.1, -0.05) is 18.0 Å². The summed E-state index contributed by atoms with van der Waals surface area (Å²) in [4.78, 5) is 16.8. The SMILES string of the molecule is O=C(c1cc(Cl)ccc1O)N1CCN(Cc2nnc3n2CCCCC3)CC1. The van der Waals surface area contributed by atoms with Crippen LogP contribution in [0.4, 0.5) is 0 Å². The van der Waals surface area contributed by atoms with E-state index in [9.17, 15) is 9.90 Å². The third-order valence-corrected chi connectivity index (χ3v) is 5.63. The second-order valence-corrected chi connectivity index (χ2v) is 7.66. The number of rotatable bonds is 3. The third-order valence-electron chi connectivity index (χ3n) is 5.40. The van der Waals surface area contributed by atoms with Gasteiger partial charge in [0.05, 0.1) is 12.1 Å². The largest absolute Gasteiger partial charge is 0.507 e. The smallest absolute Gasteiger partial charge is 0.257 e. The molecule has 1 amide bonds. The summed E-state index contributed by atoms with van der Waals surface area (Å²) in [6, 6.07) is 4.56. The summed E-state index contributed by atoms with van der Waals surface area (Å²) in [5, 5.41) is 19.2. The maximum absolute atomic E-state index is 12.7. The lowest BCUT2D eigenvalue weighted by molar-refractivity contribution is 0.0621. The van der Waals surface area contributed by atoms with Crippen LogP contribution in [0, 0.1) is 0 Å². The van der Waals surface area contributed by atoms with Gasteiger partial charge in [-0.15, -0.1) is 10.2 Å². The van der Waals surface area contributed by atoms with E-state index in [4.69, 9.17) is 11.6 Å². The molecule has 4 rings (SSSR count). The number of piperazine rings is 1. The maximum Gasteiger partial charge on any atom is 0.257 e. The van der Waals surface area contributed by atoms with Crippen molar-refractivity contribution in [1.82, 2.24) is 24.6 Å². The molecule has 2 aliphatic rings. The zero-order valence-corrected chi connectivity index (χ0v) is 16.0. The number of aromatic nitrogens is 3. The van der Waals surface area contributed by atoms with Crippen molar-refractivity contribution in [2.45, 2.75) is 38.8 Å². The summed E-state index contributed by atoms with van der Waals surface area (Å²) >= 11 is 5.97. The van der Waals surface area contributed by atoms with Gasteiger partial charge in [-0.25, -0.2) is 0 Å². The Bertz CT molecular complexity index is 830. The lowest BCUT2D eigenvalue weighted by atomic mass is 10.1. The predicted molar refractivity (Wildman–Crippen MR) is 102 cm³/mol. The molecule has 1 aromatic carbocycles. The van der Waals surface area contributed by atoms with Crippen LogP contribution in [-0.4, -0.2) is 61.8 Å². The molecule has 0 aliphatic carbocycles. The van der Waals surface area contributed by atoms with Crippen LogP contribution in [0.1, 0.15) is 41.3 Å². The average Bonchev–Trinajstić information content (AvgIpc) is 2.90. The molecule has 1 saturated heterocycles. The van der Waals surface area contributed by atoms with Gasteiger partial charge in [0.1, 0.15) is 17.4 Å². The van der Waals surface area contributed by atoms with Crippen LogP contribution in [0.25, 0.3) is 0 Å². The monoisotopic (exact) mass is 389 g/mol. The van der Waals surface area contributed by atoms with Crippen LogP contribution in [-0.2, 0) is 19.5 Å². The number of hydrogen-bond acceptors (Lipinski definition) is 5. The second-order valence-electron chi connectivity index (χ2n) is 7.22. The number of halogens is 1. The lowest BCUT2D eigenvalue weighted by Crippen LogP contribution is -2.48. The first-order valence-electron chi connectivity index (χ1n) is 9.53. The minimum Gasteiger partial charge on any atom is -0.507 e. The molecular formula is C19H24ClN5O2. The van der Waals surface area contributed by atoms with Gasteiger partial charge in [0.25, 0.3) is 5.91 Å². The molecule has 0 saturated carbocycles. The molecule has 2 aromatic rings. The summed E-state index contributed by atoms with van der Waals surface area (Å²) < 4.78 is 2.27. The molecule has 7 nitrogen and oxygen atoms in total. The summed E-state index contributed by atoms with van der Waals surface area (Å²) in [7, 11) is 0. The van der Waals surface area contributed by atoms with E-state index in [1.165, 1.54) is 31.4 Å². The van der Waals surface area contributed by atoms with Crippen molar-refractivity contribution >= 4 is 17.5 Å². The van der Waals surface area contributed by atoms with Crippen molar-refractivity contribution < 1.29 is 9.90 Å². The van der Waals surface area contributed by atoms with Crippen molar-refractivity contribution in [2.75, 3.05) is 26.2 Å². The van der Waals surface area contributed by atoms with Gasteiger partial charge in [0, 0.05) is 44.2 Å². The number of fused-ring (bicyclic) bond motifs is 1. The fourth-order valence-corrected chi connectivity index (χ4v) is 3.99. The number of aromatic hydroxyl groups is 1. The zero-order valence-electron chi connectivity index (χ0n) is 15.3. The van der Waals surface area contributed by atoms with Crippen molar-refractivity contribution in [3.8, 4) is 5.75 Å². The highest BCUT2D eigenvalue weighted by atomic mass is 35.5. The third kappa shape index (κ3) is 3.94. The van der Waals surface area contributed by atoms with Crippen molar-refractivity contribution in [3.63, 3.8) is 0 Å². The number of phenolic OH excluding ortho intramolecular Hbond substituents is 1. The summed E-state index contributed by atoms with van der Waals surface area (Å²) in [6.07, 6.45) is 4.64. The second kappa shape index (κ2) is 7.86. The van der Waals surface area contributed by atoms with Gasteiger partial charge in [-0.05, 0) is 31.0 Å². The van der Waals surface area contributed by atoms with Crippen LogP contribution in [0.3, 0.4) is 0 Å². The van der Waals surface area contributed by atoms with E-state index in [0.29, 0.717) is 18.1 Å². The molecule has 0 radical (unpaired) electrons. The minimum absolute atomic E-state index is 0.0296. The van der Waals surface area contributed by atoms with Gasteiger partial charge < -0.3 is 14.6 Å². The highest BCUT2D eigenvalue weighted by molar-refractivity contribution is 6.31. The van der Waals surface area contributed by atoms with Gasteiger partial charge in [0.15, 0.2) is 0 Å². The highest BCUT2D eigenvalue weighted by Crippen LogP contribution is 2.24. The van der Waals surface area contributed by atoms with E-state index in [1.54, 1.807) is 11.0 Å². The molecule has 0 atom stereocenters. The van der Waals surface area contributed by atoms with E-state index >= 15 is 0 Å². The fourth-order valence-electron chi connectivity index (χ4n) is 3.82. The molecule has 1 N–H and O–H groups in total. The Labute approximate surface area is 163 Å². The summed E-state index contributed by atoms with van der Waals surface area (Å²) in [5.41, 5.74) is 0.263. The number of hydrogen-bond donors (Lipinski definition) is 1. The first-order valence-corrected chi connectivity index (χ1v) is 9.91. The van der Waals surface area contributed by atoms with Crippen molar-refractivity contribution in [1.29, 1.82) is 0 Å². The Morgan fingerprint density at radius 3 is 2.70 bits per heavy atom. The van der Waals surface area contributed by atoms with Crippen LogP contribution in [0.15, 0.2) is 18.2 Å². The molecule has 2 aliphatic heterocycles. The normalized spacial score (nSPS) is 18.2. The molecule has 1 aromatic heterocycles. The van der Waals surface area contributed by atoms with Crippen molar-refractivity contribution in [2.24, 2.45) is 0 Å². The van der Waals surface area contributed by atoms with E-state index in [1.807, 2.05) is 0 Å². The molecule has 0 bridgehead atoms. The van der Waals surface area contributed by atoms with Gasteiger partial charge in [-0.3, -0.25) is 9.69 Å². The lowest BCUT2D eigenvalue weighted by Gasteiger charge is -2.34. The molecule has 1 fully saturated rings. The average molecular weight is 390 g/mol. The maximum atomic E-state index is 12.7. The molecular weight excluding hydrogens is 366 g/mol. The number of nitrogens with zero attached hydrogens (tertiary/aromatic N) is 5. The van der Waals surface area contributed by atoms with Gasteiger partial charge >= 0.3 is 0 Å². The van der Waals surface area contributed by atoms with E-state index in [-0.39, 0.29) is 17.2 Å². The molecule has 0 unspecified atom stereocenters. The number of benzene rings is 1. The quantitative estimate of drug-likeness (QED) is 0.872. The molecule has 3 heterocycles. The number of amides is 1. The topological polar surface area (TPSA) is 74.5 Å². The number of carbonyl (C=O) groups is 1. The van der Waals surface area contributed by atoms with Gasteiger partial charge in [-0.2, -0.15) is 0 Å². The van der Waals surface area contributed by atoms with Crippen LogP contribution < -0.4 is 0 Å². The first-order chi connectivity index (χ1) is 13.1.